The van der Waals surface area contributed by atoms with Crippen molar-refractivity contribution in [2.45, 2.75) is 0 Å². The molecule has 0 aromatic heterocycles. The molecule has 0 aromatic rings. The maximum absolute atomic E-state index is 0. The number of rotatable bonds is 0. The van der Waals surface area contributed by atoms with Crippen LogP contribution in [-0.2, 0) is 78.5 Å². The molecule has 0 aromatic carbocycles. The van der Waals surface area contributed by atoms with Crippen molar-refractivity contribution in [2.75, 3.05) is 0 Å². The van der Waals surface area contributed by atoms with Crippen LogP contribution in [0.1, 0.15) is 0 Å². The van der Waals surface area contributed by atoms with Crippen LogP contribution in [-0.4, -0.2) is 0 Å². The molecule has 0 spiro atoms. The third-order valence-corrected chi connectivity index (χ3v) is 0. The van der Waals surface area contributed by atoms with Gasteiger partial charge in [-0.2, -0.15) is 0 Å². The Morgan fingerprint density at radius 3 is 0.273 bits per heavy atom. The summed E-state index contributed by atoms with van der Waals surface area (Å²) in [6, 6.07) is 0. The minimum Gasteiger partial charge on any atom is -2.00 e. The fraction of sp³-hybridized carbons (Fsp3) is 0. The zero-order valence-electron chi connectivity index (χ0n) is 4.23. The quantitative estimate of drug-likeness (QED) is 0.295. The summed E-state index contributed by atoms with van der Waals surface area (Å²) in [5.74, 6) is 0. The first-order valence-electron chi connectivity index (χ1n) is 0. The second kappa shape index (κ2) is 163. The van der Waals surface area contributed by atoms with E-state index >= 15 is 0 Å². The first kappa shape index (κ1) is 204. The third kappa shape index (κ3) is 138. The molecule has 0 saturated heterocycles. The molecule has 0 heterocycles. The number of hydrogen-bond acceptors (Lipinski definition) is 0. The third-order valence-electron chi connectivity index (χ3n) is 0. The molecule has 0 aliphatic heterocycles. The van der Waals surface area contributed by atoms with E-state index in [2.05, 4.69) is 0 Å². The van der Waals surface area contributed by atoms with Crippen molar-refractivity contribution in [3.8, 4) is 0 Å². The van der Waals surface area contributed by atoms with Gasteiger partial charge in [0.2, 0.25) is 0 Å². The molecule has 0 rings (SSSR count). The minimum absolute atomic E-state index is 0. The summed E-state index contributed by atoms with van der Waals surface area (Å²) >= 11 is 0. The predicted octanol–water partition coefficient (Wildman–Crippen LogP) is -0.837. The van der Waals surface area contributed by atoms with Crippen molar-refractivity contribution in [2.24, 2.45) is 0 Å². The molecule has 7 nitrogen and oxygen atoms in total. The number of hydrogen-bond donors (Lipinski definition) is 0. The van der Waals surface area contributed by atoms with Gasteiger partial charge < -0.3 is 38.3 Å². The van der Waals surface area contributed by atoms with Crippen LogP contribution in [0.25, 0.3) is 0 Å². The van der Waals surface area contributed by atoms with E-state index in [0.717, 1.165) is 0 Å². The molecule has 0 bridgehead atoms. The second-order valence-electron chi connectivity index (χ2n) is 0. The molecule has 11 heteroatoms. The summed E-state index contributed by atoms with van der Waals surface area (Å²) in [7, 11) is 0. The average Bonchev–Trinajstić information content (AvgIpc) is 0. The van der Waals surface area contributed by atoms with Crippen molar-refractivity contribution < 1.29 is 158 Å². The Hall–Kier alpha value is 3.67. The van der Waals surface area contributed by atoms with Gasteiger partial charge in [-0.15, -0.1) is 0 Å². The molecule has 0 N–H and O–H groups in total. The summed E-state index contributed by atoms with van der Waals surface area (Å²) in [6.07, 6.45) is 0. The molecule has 0 amide bonds. The fourth-order valence-corrected chi connectivity index (χ4v) is 0. The van der Waals surface area contributed by atoms with Gasteiger partial charge in [0.1, 0.15) is 0 Å². The van der Waals surface area contributed by atoms with Gasteiger partial charge in [-0.3, -0.25) is 0 Å². The predicted molar refractivity (Wildman–Crippen MR) is 4.81 cm³/mol. The van der Waals surface area contributed by atoms with Gasteiger partial charge in [0.05, 0.1) is 0 Å². The molecule has 0 fully saturated rings. The van der Waals surface area contributed by atoms with E-state index in [4.69, 9.17) is 0 Å². The summed E-state index contributed by atoms with van der Waals surface area (Å²) < 4.78 is 0. The summed E-state index contributed by atoms with van der Waals surface area (Å²) in [5, 5.41) is 0. The standard InChI is InChI=1S/2Gd.2Ir.7O/q2*+3;;;7*-2. The van der Waals surface area contributed by atoms with Crippen molar-refractivity contribution in [1.82, 2.24) is 0 Å². The van der Waals surface area contributed by atoms with E-state index < -0.39 is 0 Å². The minimum atomic E-state index is 0. The van der Waals surface area contributed by atoms with Crippen LogP contribution in [0.15, 0.2) is 0 Å². The van der Waals surface area contributed by atoms with E-state index in [1.807, 2.05) is 0 Å². The van der Waals surface area contributed by atoms with Crippen LogP contribution < -0.4 is 0 Å². The smallest absolute Gasteiger partial charge is 2.00 e. The van der Waals surface area contributed by atoms with E-state index in [1.54, 1.807) is 0 Å². The molecule has 0 unspecified atom stereocenters. The molecule has 0 saturated carbocycles. The normalized spacial score (nSPS) is 0. The van der Waals surface area contributed by atoms with Crippen LogP contribution in [0.2, 0.25) is 0 Å². The van der Waals surface area contributed by atoms with Gasteiger partial charge in [-0.1, -0.05) is 0 Å². The molecule has 11 heavy (non-hydrogen) atoms. The van der Waals surface area contributed by atoms with Crippen LogP contribution in [0.4, 0.5) is 0 Å². The summed E-state index contributed by atoms with van der Waals surface area (Å²) in [5.41, 5.74) is 0. The second-order valence-corrected chi connectivity index (χ2v) is 0. The largest absolute Gasteiger partial charge is 3.00 e. The van der Waals surface area contributed by atoms with E-state index in [9.17, 15) is 0 Å². The Morgan fingerprint density at radius 2 is 0.273 bits per heavy atom. The first-order valence-corrected chi connectivity index (χ1v) is 0. The van der Waals surface area contributed by atoms with Crippen molar-refractivity contribution in [3.63, 3.8) is 0 Å². The van der Waals surface area contributed by atoms with Gasteiger partial charge >= 0.3 is 79.9 Å². The van der Waals surface area contributed by atoms with Gasteiger partial charge in [0.15, 0.2) is 0 Å². The van der Waals surface area contributed by atoms with Crippen molar-refractivity contribution >= 4 is 0 Å². The summed E-state index contributed by atoms with van der Waals surface area (Å²) in [6.45, 7) is 0. The Kier molecular flexibility index (Phi) is 3020. The zero-order valence-corrected chi connectivity index (χ0v) is 13.6. The van der Waals surface area contributed by atoms with Crippen molar-refractivity contribution in [1.29, 1.82) is 0 Å². The zero-order chi connectivity index (χ0) is 0. The van der Waals surface area contributed by atoms with Gasteiger partial charge in [0, 0.05) is 40.2 Å². The van der Waals surface area contributed by atoms with E-state index in [-0.39, 0.29) is 158 Å². The van der Waals surface area contributed by atoms with Crippen LogP contribution in [0.3, 0.4) is 0 Å². The Balaban J connectivity index is 0. The SMILES string of the molecule is [Gd+3].[Gd+3].[Ir].[Ir].[O-2].[O-2].[O-2].[O-2].[O-2].[O-2].[O-2]. The molecule has 0 aliphatic carbocycles. The van der Waals surface area contributed by atoms with Gasteiger partial charge in [-0.05, 0) is 0 Å². The van der Waals surface area contributed by atoms with Crippen LogP contribution >= 0.6 is 0 Å². The van der Waals surface area contributed by atoms with Crippen LogP contribution in [0, 0.1) is 79.9 Å². The van der Waals surface area contributed by atoms with Crippen LogP contribution in [0.5, 0.6) is 0 Å². The van der Waals surface area contributed by atoms with E-state index in [1.165, 1.54) is 0 Å². The maximum atomic E-state index is 0. The van der Waals surface area contributed by atoms with Gasteiger partial charge in [-0.25, -0.2) is 0 Å². The molecule has 4 radical (unpaired) electrons. The van der Waals surface area contributed by atoms with Gasteiger partial charge in [0.25, 0.3) is 0 Å². The molecular formula is Gd2Ir2O7-8. The fourth-order valence-electron chi connectivity index (χ4n) is 0. The Labute approximate surface area is 155 Å². The topological polar surface area (TPSA) is 200 Å². The van der Waals surface area contributed by atoms with Crippen molar-refractivity contribution in [3.05, 3.63) is 0 Å². The Bertz CT molecular complexity index is 14.4. The first-order chi connectivity index (χ1) is 0. The monoisotopic (exact) mass is 814 g/mol. The summed E-state index contributed by atoms with van der Waals surface area (Å²) in [4.78, 5) is 0. The molecule has 0 aliphatic rings. The molecular weight excluding hydrogens is 811 g/mol. The average molecular weight is 811 g/mol. The molecule has 84 valence electrons. The maximum Gasteiger partial charge on any atom is 3.00 e. The Morgan fingerprint density at radius 1 is 0.273 bits per heavy atom. The van der Waals surface area contributed by atoms with E-state index in [0.29, 0.717) is 0 Å². The molecule has 0 atom stereocenters.